The predicted molar refractivity (Wildman–Crippen MR) is 66.5 cm³/mol. The Morgan fingerprint density at radius 2 is 2.06 bits per heavy atom. The first-order valence-electron chi connectivity index (χ1n) is 6.61. The third-order valence-electron chi connectivity index (χ3n) is 3.08. The fourth-order valence-corrected chi connectivity index (χ4v) is 1.93. The number of ether oxygens (including phenoxy) is 2. The topological polar surface area (TPSA) is 30.5 Å². The van der Waals surface area contributed by atoms with Crippen LogP contribution in [0.25, 0.3) is 0 Å². The number of hydrogen-bond acceptors (Lipinski definition) is 3. The molecule has 0 amide bonds. The van der Waals surface area contributed by atoms with E-state index in [1.54, 1.807) is 0 Å². The van der Waals surface area contributed by atoms with Gasteiger partial charge in [0.15, 0.2) is 0 Å². The molecule has 0 aromatic carbocycles. The molecule has 0 spiro atoms. The Hall–Kier alpha value is -0.120. The fourth-order valence-electron chi connectivity index (χ4n) is 1.93. The van der Waals surface area contributed by atoms with Crippen LogP contribution in [-0.2, 0) is 9.47 Å². The van der Waals surface area contributed by atoms with Crippen LogP contribution in [0.2, 0.25) is 0 Å². The number of rotatable bonds is 7. The molecule has 3 heteroatoms. The van der Waals surface area contributed by atoms with E-state index in [1.807, 2.05) is 0 Å². The summed E-state index contributed by atoms with van der Waals surface area (Å²) in [5.41, 5.74) is 0. The van der Waals surface area contributed by atoms with Gasteiger partial charge in [-0.1, -0.05) is 26.7 Å². The Morgan fingerprint density at radius 1 is 1.25 bits per heavy atom. The Labute approximate surface area is 99.9 Å². The van der Waals surface area contributed by atoms with Gasteiger partial charge in [-0.15, -0.1) is 0 Å². The molecule has 0 bridgehead atoms. The Bertz CT molecular complexity index is 167. The first-order valence-corrected chi connectivity index (χ1v) is 6.61. The maximum atomic E-state index is 5.49. The van der Waals surface area contributed by atoms with Gasteiger partial charge in [0, 0.05) is 12.6 Å². The lowest BCUT2D eigenvalue weighted by atomic mass is 10.0. The zero-order valence-electron chi connectivity index (χ0n) is 11.0. The quantitative estimate of drug-likeness (QED) is 0.728. The summed E-state index contributed by atoms with van der Waals surface area (Å²) in [6, 6.07) is 0.602. The smallest absolute Gasteiger partial charge is 0.147 e. The van der Waals surface area contributed by atoms with Crippen LogP contribution >= 0.6 is 0 Å². The van der Waals surface area contributed by atoms with E-state index < -0.39 is 0 Å². The van der Waals surface area contributed by atoms with Crippen molar-refractivity contribution in [3.05, 3.63) is 0 Å². The monoisotopic (exact) mass is 229 g/mol. The van der Waals surface area contributed by atoms with Gasteiger partial charge in [-0.2, -0.15) is 0 Å². The van der Waals surface area contributed by atoms with Crippen molar-refractivity contribution in [3.8, 4) is 0 Å². The average Bonchev–Trinajstić information content (AvgIpc) is 2.27. The molecule has 1 rings (SSSR count). The van der Waals surface area contributed by atoms with Gasteiger partial charge in [-0.05, 0) is 25.7 Å². The lowest BCUT2D eigenvalue weighted by molar-refractivity contribution is -0.137. The van der Waals surface area contributed by atoms with Crippen LogP contribution in [0.1, 0.15) is 46.5 Å². The molecule has 96 valence electrons. The summed E-state index contributed by atoms with van der Waals surface area (Å²) in [5.74, 6) is 0.825. The van der Waals surface area contributed by atoms with Crippen molar-refractivity contribution in [2.75, 3.05) is 19.9 Å². The molecule has 1 fully saturated rings. The standard InChI is InChI=1S/C13H27NO2/c1-11(2)5-4-6-12(3)14-9-13-7-8-15-10-16-13/h11-14H,4-10H2,1-3H3. The normalized spacial score (nSPS) is 23.6. The third-order valence-corrected chi connectivity index (χ3v) is 3.08. The van der Waals surface area contributed by atoms with Crippen LogP contribution in [0.4, 0.5) is 0 Å². The lowest BCUT2D eigenvalue weighted by Gasteiger charge is -2.24. The summed E-state index contributed by atoms with van der Waals surface area (Å²) in [6.07, 6.45) is 5.29. The SMILES string of the molecule is CC(C)CCCC(C)NCC1CCOCO1. The van der Waals surface area contributed by atoms with Gasteiger partial charge in [-0.3, -0.25) is 0 Å². The second-order valence-electron chi connectivity index (χ2n) is 5.24. The second kappa shape index (κ2) is 8.04. The van der Waals surface area contributed by atoms with Crippen LogP contribution in [0.15, 0.2) is 0 Å². The van der Waals surface area contributed by atoms with Crippen LogP contribution in [0.5, 0.6) is 0 Å². The molecule has 2 unspecified atom stereocenters. The van der Waals surface area contributed by atoms with Crippen molar-refractivity contribution >= 4 is 0 Å². The van der Waals surface area contributed by atoms with Crippen molar-refractivity contribution < 1.29 is 9.47 Å². The van der Waals surface area contributed by atoms with E-state index in [1.165, 1.54) is 19.3 Å². The molecule has 3 nitrogen and oxygen atoms in total. The minimum atomic E-state index is 0.348. The van der Waals surface area contributed by atoms with E-state index >= 15 is 0 Å². The van der Waals surface area contributed by atoms with Gasteiger partial charge < -0.3 is 14.8 Å². The molecule has 1 heterocycles. The Morgan fingerprint density at radius 3 is 2.69 bits per heavy atom. The van der Waals surface area contributed by atoms with E-state index in [0.717, 1.165) is 25.5 Å². The highest BCUT2D eigenvalue weighted by Gasteiger charge is 2.14. The minimum absolute atomic E-state index is 0.348. The van der Waals surface area contributed by atoms with Gasteiger partial charge in [0.25, 0.3) is 0 Å². The van der Waals surface area contributed by atoms with Crippen molar-refractivity contribution in [2.45, 2.75) is 58.6 Å². The maximum absolute atomic E-state index is 5.49. The highest BCUT2D eigenvalue weighted by atomic mass is 16.7. The van der Waals surface area contributed by atoms with Crippen LogP contribution in [0.3, 0.4) is 0 Å². The average molecular weight is 229 g/mol. The van der Waals surface area contributed by atoms with Gasteiger partial charge in [0.05, 0.1) is 12.7 Å². The zero-order valence-corrected chi connectivity index (χ0v) is 11.0. The summed E-state index contributed by atoms with van der Waals surface area (Å²) >= 11 is 0. The molecular weight excluding hydrogens is 202 g/mol. The van der Waals surface area contributed by atoms with Crippen molar-refractivity contribution in [3.63, 3.8) is 0 Å². The van der Waals surface area contributed by atoms with Gasteiger partial charge >= 0.3 is 0 Å². The molecule has 0 aromatic rings. The summed E-state index contributed by atoms with van der Waals surface area (Å²) in [7, 11) is 0. The maximum Gasteiger partial charge on any atom is 0.147 e. The van der Waals surface area contributed by atoms with E-state index in [-0.39, 0.29) is 0 Å². The van der Waals surface area contributed by atoms with E-state index in [4.69, 9.17) is 9.47 Å². The summed E-state index contributed by atoms with van der Waals surface area (Å²) in [6.45, 7) is 9.11. The molecule has 0 radical (unpaired) electrons. The summed E-state index contributed by atoms with van der Waals surface area (Å²) in [4.78, 5) is 0. The van der Waals surface area contributed by atoms with Gasteiger partial charge in [0.2, 0.25) is 0 Å². The van der Waals surface area contributed by atoms with Crippen LogP contribution in [0, 0.1) is 5.92 Å². The summed E-state index contributed by atoms with van der Waals surface area (Å²) < 4.78 is 10.6. The minimum Gasteiger partial charge on any atom is -0.355 e. The summed E-state index contributed by atoms with van der Waals surface area (Å²) in [5, 5.41) is 3.55. The predicted octanol–water partition coefficient (Wildman–Crippen LogP) is 2.55. The van der Waals surface area contributed by atoms with E-state index in [2.05, 4.69) is 26.1 Å². The highest BCUT2D eigenvalue weighted by Crippen LogP contribution is 2.09. The van der Waals surface area contributed by atoms with Gasteiger partial charge in [0.1, 0.15) is 6.79 Å². The largest absolute Gasteiger partial charge is 0.355 e. The van der Waals surface area contributed by atoms with Gasteiger partial charge in [-0.25, -0.2) is 0 Å². The molecule has 0 aliphatic carbocycles. The Balaban J connectivity index is 1.98. The Kier molecular flexibility index (Phi) is 7.01. The molecular formula is C13H27NO2. The number of nitrogens with one attached hydrogen (secondary N) is 1. The highest BCUT2D eigenvalue weighted by molar-refractivity contribution is 4.68. The second-order valence-corrected chi connectivity index (χ2v) is 5.24. The first kappa shape index (κ1) is 13.9. The number of hydrogen-bond donors (Lipinski definition) is 1. The molecule has 0 aromatic heterocycles. The van der Waals surface area contributed by atoms with Crippen molar-refractivity contribution in [1.29, 1.82) is 0 Å². The first-order chi connectivity index (χ1) is 7.68. The third kappa shape index (κ3) is 6.46. The molecule has 1 saturated heterocycles. The van der Waals surface area contributed by atoms with E-state index in [0.29, 0.717) is 18.9 Å². The van der Waals surface area contributed by atoms with Crippen molar-refractivity contribution in [1.82, 2.24) is 5.32 Å². The van der Waals surface area contributed by atoms with Crippen LogP contribution in [-0.4, -0.2) is 32.1 Å². The fraction of sp³-hybridized carbons (Fsp3) is 1.00. The van der Waals surface area contributed by atoms with Crippen molar-refractivity contribution in [2.24, 2.45) is 5.92 Å². The zero-order chi connectivity index (χ0) is 11.8. The molecule has 1 aliphatic heterocycles. The van der Waals surface area contributed by atoms with Crippen LogP contribution < -0.4 is 5.32 Å². The molecule has 1 aliphatic rings. The van der Waals surface area contributed by atoms with E-state index in [9.17, 15) is 0 Å². The lowest BCUT2D eigenvalue weighted by Crippen LogP contribution is -2.38. The molecule has 16 heavy (non-hydrogen) atoms. The molecule has 1 N–H and O–H groups in total. The molecule has 0 saturated carbocycles. The molecule has 2 atom stereocenters.